The number of carbonyl (C=O) groups excluding carboxylic acids is 1. The van der Waals surface area contributed by atoms with Gasteiger partial charge in [0.15, 0.2) is 0 Å². The highest BCUT2D eigenvalue weighted by atomic mass is 16.3. The quantitative estimate of drug-likeness (QED) is 0.924. The van der Waals surface area contributed by atoms with Gasteiger partial charge in [0.05, 0.1) is 18.5 Å². The lowest BCUT2D eigenvalue weighted by Crippen LogP contribution is -2.51. The molecule has 25 heavy (non-hydrogen) atoms. The molecule has 3 rings (SSSR count). The molecule has 0 bridgehead atoms. The summed E-state index contributed by atoms with van der Waals surface area (Å²) in [6, 6.07) is 4.10. The van der Waals surface area contributed by atoms with Crippen LogP contribution in [0, 0.1) is 13.8 Å². The van der Waals surface area contributed by atoms with Crippen molar-refractivity contribution in [1.82, 2.24) is 20.0 Å². The van der Waals surface area contributed by atoms with Gasteiger partial charge in [0.1, 0.15) is 11.6 Å². The van der Waals surface area contributed by atoms with Gasteiger partial charge in [-0.1, -0.05) is 0 Å². The number of aromatic nitrogens is 2. The fourth-order valence-electron chi connectivity index (χ4n) is 3.38. The Hall–Kier alpha value is -2.44. The lowest BCUT2D eigenvalue weighted by molar-refractivity contribution is 0.200. The van der Waals surface area contributed by atoms with Crippen LogP contribution in [0.25, 0.3) is 0 Å². The van der Waals surface area contributed by atoms with Crippen LogP contribution in [0.4, 0.5) is 10.6 Å². The summed E-state index contributed by atoms with van der Waals surface area (Å²) in [7, 11) is 3.78. The van der Waals surface area contributed by atoms with Gasteiger partial charge < -0.3 is 19.5 Å². The normalized spacial score (nSPS) is 17.6. The summed E-state index contributed by atoms with van der Waals surface area (Å²) in [6.07, 6.45) is 3.71. The average Bonchev–Trinajstić information content (AvgIpc) is 3.12. The molecule has 0 aliphatic carbocycles. The summed E-state index contributed by atoms with van der Waals surface area (Å²) in [6.45, 7) is 6.26. The van der Waals surface area contributed by atoms with Gasteiger partial charge in [-0.3, -0.25) is 4.68 Å². The molecule has 0 saturated carbocycles. The van der Waals surface area contributed by atoms with Gasteiger partial charge in [-0.2, -0.15) is 5.10 Å². The number of urea groups is 1. The second-order valence-corrected chi connectivity index (χ2v) is 6.86. The third-order valence-electron chi connectivity index (χ3n) is 4.77. The number of anilines is 1. The van der Waals surface area contributed by atoms with E-state index in [0.29, 0.717) is 6.54 Å². The van der Waals surface area contributed by atoms with Crippen LogP contribution in [-0.4, -0.2) is 46.9 Å². The number of amides is 2. The highest BCUT2D eigenvalue weighted by Gasteiger charge is 2.24. The maximum absolute atomic E-state index is 12.5. The Morgan fingerprint density at radius 2 is 2.28 bits per heavy atom. The van der Waals surface area contributed by atoms with Gasteiger partial charge in [-0.15, -0.1) is 0 Å². The van der Waals surface area contributed by atoms with Crippen LogP contribution in [0.1, 0.15) is 29.9 Å². The van der Waals surface area contributed by atoms with Crippen molar-refractivity contribution in [1.29, 1.82) is 0 Å². The highest BCUT2D eigenvalue weighted by Crippen LogP contribution is 2.20. The SMILES string of the molecule is Cc1cc(N2CCCC(NC(=O)N(C)Cc3ccoc3C)C2)n(C)n1. The summed E-state index contributed by atoms with van der Waals surface area (Å²) in [5, 5.41) is 7.58. The summed E-state index contributed by atoms with van der Waals surface area (Å²) in [4.78, 5) is 16.5. The second-order valence-electron chi connectivity index (χ2n) is 6.86. The summed E-state index contributed by atoms with van der Waals surface area (Å²) in [5.41, 5.74) is 2.05. The van der Waals surface area contributed by atoms with Gasteiger partial charge in [0.25, 0.3) is 0 Å². The molecule has 1 N–H and O–H groups in total. The minimum atomic E-state index is -0.0476. The molecule has 1 aliphatic heterocycles. The second kappa shape index (κ2) is 7.21. The molecule has 7 nitrogen and oxygen atoms in total. The van der Waals surface area contributed by atoms with Crippen molar-refractivity contribution < 1.29 is 9.21 Å². The van der Waals surface area contributed by atoms with Crippen LogP contribution >= 0.6 is 0 Å². The fraction of sp³-hybridized carbons (Fsp3) is 0.556. The van der Waals surface area contributed by atoms with Gasteiger partial charge in [-0.25, -0.2) is 4.79 Å². The number of nitrogens with zero attached hydrogens (tertiary/aromatic N) is 4. The van der Waals surface area contributed by atoms with Crippen molar-refractivity contribution in [2.45, 2.75) is 39.3 Å². The number of rotatable bonds is 4. The molecule has 2 aromatic heterocycles. The summed E-state index contributed by atoms with van der Waals surface area (Å²) in [5.74, 6) is 1.97. The first-order valence-electron chi connectivity index (χ1n) is 8.74. The molecule has 7 heteroatoms. The third-order valence-corrected chi connectivity index (χ3v) is 4.77. The Morgan fingerprint density at radius 3 is 2.92 bits per heavy atom. The highest BCUT2D eigenvalue weighted by molar-refractivity contribution is 5.74. The van der Waals surface area contributed by atoms with E-state index in [-0.39, 0.29) is 12.1 Å². The Labute approximate surface area is 148 Å². The molecule has 0 spiro atoms. The fourth-order valence-corrected chi connectivity index (χ4v) is 3.38. The number of hydrogen-bond acceptors (Lipinski definition) is 4. The summed E-state index contributed by atoms with van der Waals surface area (Å²) >= 11 is 0. The Kier molecular flexibility index (Phi) is 5.01. The van der Waals surface area contributed by atoms with E-state index in [1.54, 1.807) is 11.2 Å². The zero-order valence-electron chi connectivity index (χ0n) is 15.5. The Morgan fingerprint density at radius 1 is 1.48 bits per heavy atom. The molecule has 0 radical (unpaired) electrons. The van der Waals surface area contributed by atoms with Crippen LogP contribution in [0.15, 0.2) is 22.8 Å². The van der Waals surface area contributed by atoms with E-state index in [1.807, 2.05) is 38.7 Å². The van der Waals surface area contributed by atoms with E-state index in [0.717, 1.165) is 48.8 Å². The minimum absolute atomic E-state index is 0.0476. The van der Waals surface area contributed by atoms with E-state index in [2.05, 4.69) is 21.4 Å². The molecular weight excluding hydrogens is 318 g/mol. The van der Waals surface area contributed by atoms with Crippen LogP contribution in [0.5, 0.6) is 0 Å². The van der Waals surface area contributed by atoms with Gasteiger partial charge in [-0.05, 0) is 32.8 Å². The average molecular weight is 345 g/mol. The van der Waals surface area contributed by atoms with Crippen molar-refractivity contribution >= 4 is 11.8 Å². The van der Waals surface area contributed by atoms with E-state index in [9.17, 15) is 4.79 Å². The molecule has 136 valence electrons. The van der Waals surface area contributed by atoms with Crippen LogP contribution < -0.4 is 10.2 Å². The van der Waals surface area contributed by atoms with Crippen molar-refractivity contribution in [3.05, 3.63) is 35.4 Å². The van der Waals surface area contributed by atoms with Crippen molar-refractivity contribution in [2.75, 3.05) is 25.0 Å². The molecule has 2 amide bonds. The Balaban J connectivity index is 1.57. The molecular formula is C18H27N5O2. The smallest absolute Gasteiger partial charge is 0.317 e. The van der Waals surface area contributed by atoms with Crippen LogP contribution in [-0.2, 0) is 13.6 Å². The van der Waals surface area contributed by atoms with E-state index >= 15 is 0 Å². The first-order valence-corrected chi connectivity index (χ1v) is 8.74. The van der Waals surface area contributed by atoms with Crippen LogP contribution in [0.3, 0.4) is 0 Å². The lowest BCUT2D eigenvalue weighted by Gasteiger charge is -2.35. The minimum Gasteiger partial charge on any atom is -0.469 e. The number of hydrogen-bond donors (Lipinski definition) is 1. The number of aryl methyl sites for hydroxylation is 3. The number of piperidine rings is 1. The first-order chi connectivity index (χ1) is 11.9. The topological polar surface area (TPSA) is 66.5 Å². The molecule has 1 aliphatic rings. The van der Waals surface area contributed by atoms with E-state index in [4.69, 9.17) is 4.42 Å². The lowest BCUT2D eigenvalue weighted by atomic mass is 10.1. The van der Waals surface area contributed by atoms with Crippen LogP contribution in [0.2, 0.25) is 0 Å². The third kappa shape index (κ3) is 3.97. The van der Waals surface area contributed by atoms with E-state index < -0.39 is 0 Å². The van der Waals surface area contributed by atoms with Gasteiger partial charge in [0.2, 0.25) is 0 Å². The number of nitrogens with one attached hydrogen (secondary N) is 1. The predicted octanol–water partition coefficient (Wildman–Crippen LogP) is 2.44. The van der Waals surface area contributed by atoms with Gasteiger partial charge >= 0.3 is 6.03 Å². The molecule has 1 fully saturated rings. The number of furan rings is 1. The molecule has 1 saturated heterocycles. The Bertz CT molecular complexity index is 736. The predicted molar refractivity (Wildman–Crippen MR) is 96.6 cm³/mol. The molecule has 1 unspecified atom stereocenters. The summed E-state index contributed by atoms with van der Waals surface area (Å²) < 4.78 is 7.21. The zero-order valence-corrected chi connectivity index (χ0v) is 15.5. The first kappa shape index (κ1) is 17.4. The standard InChI is InChI=1S/C18H27N5O2/c1-13-10-17(22(4)20-13)23-8-5-6-16(12-23)19-18(24)21(3)11-15-7-9-25-14(15)2/h7,9-10,16H,5-6,8,11-12H2,1-4H3,(H,19,24). The van der Waals surface area contributed by atoms with Crippen molar-refractivity contribution in [2.24, 2.45) is 7.05 Å². The monoisotopic (exact) mass is 345 g/mol. The molecule has 2 aromatic rings. The molecule has 0 aromatic carbocycles. The molecule has 1 atom stereocenters. The maximum atomic E-state index is 12.5. The van der Waals surface area contributed by atoms with Gasteiger partial charge in [0, 0.05) is 44.9 Å². The van der Waals surface area contributed by atoms with Crippen molar-refractivity contribution in [3.8, 4) is 0 Å². The maximum Gasteiger partial charge on any atom is 0.317 e. The largest absolute Gasteiger partial charge is 0.469 e. The molecule has 3 heterocycles. The van der Waals surface area contributed by atoms with E-state index in [1.165, 1.54) is 0 Å². The zero-order chi connectivity index (χ0) is 18.0. The number of carbonyl (C=O) groups is 1. The van der Waals surface area contributed by atoms with Crippen molar-refractivity contribution in [3.63, 3.8) is 0 Å².